The zero-order chi connectivity index (χ0) is 13.7. The summed E-state index contributed by atoms with van der Waals surface area (Å²) in [6, 6.07) is 9.23. The molecule has 0 bridgehead atoms. The number of rotatable bonds is 7. The lowest BCUT2D eigenvalue weighted by atomic mass is 10.1. The van der Waals surface area contributed by atoms with E-state index in [0.717, 1.165) is 4.34 Å². The van der Waals surface area contributed by atoms with Crippen molar-refractivity contribution >= 4 is 34.3 Å². The number of hydrogen-bond donors (Lipinski definition) is 1. The van der Waals surface area contributed by atoms with Gasteiger partial charge in [-0.3, -0.25) is 0 Å². The van der Waals surface area contributed by atoms with Gasteiger partial charge in [0.15, 0.2) is 0 Å². The summed E-state index contributed by atoms with van der Waals surface area (Å²) >= 11 is 9.55. The third kappa shape index (κ3) is 4.32. The third-order valence-electron chi connectivity index (χ3n) is 3.15. The van der Waals surface area contributed by atoms with Crippen LogP contribution in [0.5, 0.6) is 0 Å². The van der Waals surface area contributed by atoms with E-state index in [2.05, 4.69) is 42.7 Å². The number of halogens is 1. The minimum absolute atomic E-state index is 0.282. The summed E-state index contributed by atoms with van der Waals surface area (Å²) in [6.07, 6.45) is 3.74. The topological polar surface area (TPSA) is 12.0 Å². The summed E-state index contributed by atoms with van der Waals surface area (Å²) in [5, 5.41) is 5.88. The Balaban J connectivity index is 2.11. The van der Waals surface area contributed by atoms with Crippen molar-refractivity contribution in [2.24, 2.45) is 0 Å². The van der Waals surface area contributed by atoms with Crippen molar-refractivity contribution in [1.29, 1.82) is 0 Å². The molecule has 0 saturated heterocycles. The van der Waals surface area contributed by atoms with Crippen LogP contribution in [0.25, 0.3) is 0 Å². The van der Waals surface area contributed by atoms with Gasteiger partial charge < -0.3 is 5.32 Å². The molecule has 0 aliphatic rings. The van der Waals surface area contributed by atoms with Crippen molar-refractivity contribution in [3.05, 3.63) is 43.7 Å². The predicted octanol–water partition coefficient (Wildman–Crippen LogP) is 5.72. The highest BCUT2D eigenvalue weighted by Gasteiger charge is 2.19. The fourth-order valence-electron chi connectivity index (χ4n) is 2.12. The van der Waals surface area contributed by atoms with Crippen LogP contribution in [0.4, 0.5) is 0 Å². The quantitative estimate of drug-likeness (QED) is 0.689. The smallest absolute Gasteiger partial charge is 0.0931 e. The number of hydrogen-bond acceptors (Lipinski definition) is 3. The average Bonchev–Trinajstić information content (AvgIpc) is 3.04. The fraction of sp³-hybridized carbons (Fsp3) is 0.467. The second-order valence-electron chi connectivity index (χ2n) is 4.80. The normalized spacial score (nSPS) is 14.5. The molecule has 4 heteroatoms. The second-order valence-corrected chi connectivity index (χ2v) is 7.53. The molecule has 2 aromatic rings. The first-order valence-corrected chi connectivity index (χ1v) is 8.82. The van der Waals surface area contributed by atoms with Gasteiger partial charge in [-0.1, -0.05) is 37.4 Å². The second kappa shape index (κ2) is 7.44. The Bertz CT molecular complexity index is 478. The zero-order valence-corrected chi connectivity index (χ0v) is 13.7. The molecule has 0 spiro atoms. The first-order chi connectivity index (χ1) is 9.20. The molecule has 2 atom stereocenters. The van der Waals surface area contributed by atoms with Gasteiger partial charge in [0, 0.05) is 15.8 Å². The van der Waals surface area contributed by atoms with Gasteiger partial charge in [0.25, 0.3) is 0 Å². The van der Waals surface area contributed by atoms with E-state index < -0.39 is 0 Å². The fourth-order valence-corrected chi connectivity index (χ4v) is 4.14. The van der Waals surface area contributed by atoms with Crippen LogP contribution in [0.3, 0.4) is 0 Å². The molecule has 2 unspecified atom stereocenters. The molecule has 1 nitrogen and oxygen atoms in total. The van der Waals surface area contributed by atoms with Gasteiger partial charge in [0.05, 0.1) is 10.4 Å². The van der Waals surface area contributed by atoms with Gasteiger partial charge in [-0.25, -0.2) is 0 Å². The molecule has 2 rings (SSSR count). The van der Waals surface area contributed by atoms with Crippen LogP contribution in [0.1, 0.15) is 48.9 Å². The van der Waals surface area contributed by atoms with Crippen LogP contribution in [0.15, 0.2) is 29.6 Å². The van der Waals surface area contributed by atoms with Crippen LogP contribution in [-0.4, -0.2) is 6.04 Å². The molecular weight excluding hydrogens is 294 g/mol. The van der Waals surface area contributed by atoms with E-state index in [9.17, 15) is 0 Å². The molecule has 0 aliphatic carbocycles. The van der Waals surface area contributed by atoms with E-state index in [0.29, 0.717) is 6.04 Å². The maximum atomic E-state index is 6.08. The Morgan fingerprint density at radius 1 is 1.26 bits per heavy atom. The maximum Gasteiger partial charge on any atom is 0.0931 e. The Kier molecular flexibility index (Phi) is 5.89. The van der Waals surface area contributed by atoms with Crippen molar-refractivity contribution in [3.8, 4) is 0 Å². The molecule has 2 heterocycles. The maximum absolute atomic E-state index is 6.08. The Morgan fingerprint density at radius 3 is 2.68 bits per heavy atom. The Hall–Kier alpha value is -0.350. The van der Waals surface area contributed by atoms with Crippen LogP contribution in [0, 0.1) is 0 Å². The van der Waals surface area contributed by atoms with Crippen LogP contribution in [0.2, 0.25) is 4.34 Å². The van der Waals surface area contributed by atoms with Gasteiger partial charge in [-0.2, -0.15) is 0 Å². The van der Waals surface area contributed by atoms with Crippen molar-refractivity contribution in [1.82, 2.24) is 5.32 Å². The van der Waals surface area contributed by atoms with Crippen molar-refractivity contribution in [2.75, 3.05) is 0 Å². The molecular formula is C15H20ClNS2. The van der Waals surface area contributed by atoms with Crippen molar-refractivity contribution in [3.63, 3.8) is 0 Å². The van der Waals surface area contributed by atoms with Crippen LogP contribution >= 0.6 is 34.3 Å². The summed E-state index contributed by atoms with van der Waals surface area (Å²) in [7, 11) is 0. The number of thiophene rings is 2. The zero-order valence-electron chi connectivity index (χ0n) is 11.4. The molecule has 1 N–H and O–H groups in total. The highest BCUT2D eigenvalue weighted by atomic mass is 35.5. The van der Waals surface area contributed by atoms with E-state index in [-0.39, 0.29) is 6.04 Å². The first kappa shape index (κ1) is 15.0. The summed E-state index contributed by atoms with van der Waals surface area (Å²) in [5.41, 5.74) is 0. The molecule has 0 aromatic carbocycles. The highest BCUT2D eigenvalue weighted by molar-refractivity contribution is 7.16. The van der Waals surface area contributed by atoms with E-state index in [1.165, 1.54) is 29.0 Å². The minimum Gasteiger partial charge on any atom is -0.302 e. The van der Waals surface area contributed by atoms with Gasteiger partial charge in [0.1, 0.15) is 0 Å². The SMILES string of the molecule is CCCCC(C)NC(c1cccs1)c1ccc(Cl)s1. The lowest BCUT2D eigenvalue weighted by Crippen LogP contribution is -2.30. The molecule has 0 radical (unpaired) electrons. The molecule has 0 amide bonds. The first-order valence-electron chi connectivity index (χ1n) is 6.75. The van der Waals surface area contributed by atoms with E-state index in [1.54, 1.807) is 22.7 Å². The van der Waals surface area contributed by atoms with E-state index in [4.69, 9.17) is 11.6 Å². The number of nitrogens with one attached hydrogen (secondary N) is 1. The van der Waals surface area contributed by atoms with Gasteiger partial charge in [0.2, 0.25) is 0 Å². The molecule has 0 fully saturated rings. The van der Waals surface area contributed by atoms with E-state index >= 15 is 0 Å². The lowest BCUT2D eigenvalue weighted by Gasteiger charge is -2.21. The van der Waals surface area contributed by atoms with Crippen LogP contribution in [-0.2, 0) is 0 Å². The lowest BCUT2D eigenvalue weighted by molar-refractivity contribution is 0.465. The van der Waals surface area contributed by atoms with E-state index in [1.807, 2.05) is 6.07 Å². The van der Waals surface area contributed by atoms with Crippen LogP contribution < -0.4 is 5.32 Å². The molecule has 0 aliphatic heterocycles. The monoisotopic (exact) mass is 313 g/mol. The van der Waals surface area contributed by atoms with Crippen molar-refractivity contribution < 1.29 is 0 Å². The Morgan fingerprint density at radius 2 is 2.11 bits per heavy atom. The molecule has 0 saturated carbocycles. The highest BCUT2D eigenvalue weighted by Crippen LogP contribution is 2.33. The summed E-state index contributed by atoms with van der Waals surface area (Å²) in [5.74, 6) is 0. The average molecular weight is 314 g/mol. The van der Waals surface area contributed by atoms with Gasteiger partial charge in [-0.05, 0) is 36.9 Å². The van der Waals surface area contributed by atoms with Gasteiger partial charge in [-0.15, -0.1) is 22.7 Å². The number of unbranched alkanes of at least 4 members (excludes halogenated alkanes) is 1. The Labute approximate surface area is 128 Å². The van der Waals surface area contributed by atoms with Gasteiger partial charge >= 0.3 is 0 Å². The minimum atomic E-state index is 0.282. The largest absolute Gasteiger partial charge is 0.302 e. The standard InChI is InChI=1S/C15H20ClNS2/c1-3-4-6-11(2)17-15(12-7-5-10-18-12)13-8-9-14(16)19-13/h5,7-11,15,17H,3-4,6H2,1-2H3. The molecule has 104 valence electrons. The summed E-state index contributed by atoms with van der Waals surface area (Å²) in [4.78, 5) is 2.66. The summed E-state index contributed by atoms with van der Waals surface area (Å²) in [6.45, 7) is 4.51. The summed E-state index contributed by atoms with van der Waals surface area (Å²) < 4.78 is 0.861. The van der Waals surface area contributed by atoms with Crippen molar-refractivity contribution in [2.45, 2.75) is 45.2 Å². The molecule has 19 heavy (non-hydrogen) atoms. The third-order valence-corrected chi connectivity index (χ3v) is 5.38. The molecule has 2 aromatic heterocycles. The predicted molar refractivity (Wildman–Crippen MR) is 87.6 cm³/mol.